The summed E-state index contributed by atoms with van der Waals surface area (Å²) < 4.78 is 0. The Balaban J connectivity index is 2.26. The highest BCUT2D eigenvalue weighted by molar-refractivity contribution is 7.12. The Morgan fingerprint density at radius 1 is 1.40 bits per heavy atom. The van der Waals surface area contributed by atoms with Crippen molar-refractivity contribution in [3.8, 4) is 0 Å². The van der Waals surface area contributed by atoms with Gasteiger partial charge in [-0.2, -0.15) is 0 Å². The molecular weight excluding hydrogens is 276 g/mol. The number of rotatable bonds is 4. The molecule has 0 aliphatic rings. The SMILES string of the molecule is CN(C(=O)c1sccc1C=CC(=O)O)c1cccnc1. The fourth-order valence-corrected chi connectivity index (χ4v) is 2.47. The van der Waals surface area contributed by atoms with Gasteiger partial charge in [-0.1, -0.05) is 0 Å². The Morgan fingerprint density at radius 3 is 2.85 bits per heavy atom. The van der Waals surface area contributed by atoms with Gasteiger partial charge in [-0.25, -0.2) is 4.79 Å². The number of thiophene rings is 1. The van der Waals surface area contributed by atoms with E-state index < -0.39 is 5.97 Å². The van der Waals surface area contributed by atoms with Crippen LogP contribution in [-0.4, -0.2) is 29.0 Å². The second-order valence-electron chi connectivity index (χ2n) is 3.95. The third-order valence-corrected chi connectivity index (χ3v) is 3.55. The molecule has 2 heterocycles. The number of carbonyl (C=O) groups is 2. The highest BCUT2D eigenvalue weighted by Gasteiger charge is 2.17. The minimum absolute atomic E-state index is 0.196. The number of carboxylic acid groups (broad SMARTS) is 1. The van der Waals surface area contributed by atoms with Crippen molar-refractivity contribution in [2.75, 3.05) is 11.9 Å². The minimum Gasteiger partial charge on any atom is -0.478 e. The molecule has 2 aromatic rings. The van der Waals surface area contributed by atoms with Gasteiger partial charge < -0.3 is 10.0 Å². The summed E-state index contributed by atoms with van der Waals surface area (Å²) in [7, 11) is 1.66. The fourth-order valence-electron chi connectivity index (χ4n) is 1.61. The number of hydrogen-bond donors (Lipinski definition) is 1. The maximum atomic E-state index is 12.4. The van der Waals surface area contributed by atoms with Gasteiger partial charge in [0.1, 0.15) is 0 Å². The van der Waals surface area contributed by atoms with E-state index in [2.05, 4.69) is 4.98 Å². The highest BCUT2D eigenvalue weighted by atomic mass is 32.1. The Hall–Kier alpha value is -2.47. The van der Waals surface area contributed by atoms with Gasteiger partial charge in [0.05, 0.1) is 16.8 Å². The van der Waals surface area contributed by atoms with Crippen molar-refractivity contribution in [3.63, 3.8) is 0 Å². The van der Waals surface area contributed by atoms with Gasteiger partial charge in [0, 0.05) is 19.3 Å². The Bertz CT molecular complexity index is 649. The van der Waals surface area contributed by atoms with Crippen molar-refractivity contribution >= 4 is 35.0 Å². The van der Waals surface area contributed by atoms with Crippen LogP contribution in [0.1, 0.15) is 15.2 Å². The zero-order valence-corrected chi connectivity index (χ0v) is 11.5. The van der Waals surface area contributed by atoms with E-state index in [1.165, 1.54) is 22.3 Å². The van der Waals surface area contributed by atoms with Crippen molar-refractivity contribution < 1.29 is 14.7 Å². The Kier molecular flexibility index (Phi) is 4.27. The number of nitrogens with zero attached hydrogens (tertiary/aromatic N) is 2. The molecule has 0 bridgehead atoms. The molecule has 0 spiro atoms. The van der Waals surface area contributed by atoms with Crippen molar-refractivity contribution in [1.82, 2.24) is 4.98 Å². The van der Waals surface area contributed by atoms with Crippen molar-refractivity contribution in [2.45, 2.75) is 0 Å². The largest absolute Gasteiger partial charge is 0.478 e. The average Bonchev–Trinajstić information content (AvgIpc) is 2.93. The molecule has 5 nitrogen and oxygen atoms in total. The number of pyridine rings is 1. The van der Waals surface area contributed by atoms with Crippen LogP contribution in [0.2, 0.25) is 0 Å². The summed E-state index contributed by atoms with van der Waals surface area (Å²) in [6.07, 6.45) is 5.66. The predicted octanol–water partition coefficient (Wildman–Crippen LogP) is 2.52. The molecule has 1 amide bonds. The van der Waals surface area contributed by atoms with Crippen molar-refractivity contribution in [3.05, 3.63) is 52.5 Å². The van der Waals surface area contributed by atoms with Crippen LogP contribution in [0.4, 0.5) is 5.69 Å². The molecule has 0 fully saturated rings. The summed E-state index contributed by atoms with van der Waals surface area (Å²) in [6, 6.07) is 5.25. The average molecular weight is 288 g/mol. The topological polar surface area (TPSA) is 70.5 Å². The first-order valence-corrected chi connectivity index (χ1v) is 6.64. The molecule has 1 N–H and O–H groups in total. The van der Waals surface area contributed by atoms with E-state index in [9.17, 15) is 9.59 Å². The minimum atomic E-state index is -1.05. The number of amides is 1. The molecule has 0 aromatic carbocycles. The maximum absolute atomic E-state index is 12.4. The second-order valence-corrected chi connectivity index (χ2v) is 4.87. The third-order valence-electron chi connectivity index (χ3n) is 2.63. The molecule has 0 saturated carbocycles. The fraction of sp³-hybridized carbons (Fsp3) is 0.0714. The quantitative estimate of drug-likeness (QED) is 0.878. The molecule has 2 rings (SSSR count). The number of carboxylic acids is 1. The molecule has 0 radical (unpaired) electrons. The zero-order chi connectivity index (χ0) is 14.5. The molecular formula is C14H12N2O3S. The van der Waals surface area contributed by atoms with Gasteiger partial charge in [-0.3, -0.25) is 9.78 Å². The molecule has 0 aliphatic carbocycles. The van der Waals surface area contributed by atoms with Gasteiger partial charge in [0.2, 0.25) is 0 Å². The number of anilines is 1. The Labute approximate surface area is 119 Å². The highest BCUT2D eigenvalue weighted by Crippen LogP contribution is 2.22. The normalized spacial score (nSPS) is 10.7. The van der Waals surface area contributed by atoms with Crippen LogP contribution in [0, 0.1) is 0 Å². The lowest BCUT2D eigenvalue weighted by molar-refractivity contribution is -0.131. The smallest absolute Gasteiger partial charge is 0.328 e. The van der Waals surface area contributed by atoms with E-state index in [-0.39, 0.29) is 5.91 Å². The van der Waals surface area contributed by atoms with Gasteiger partial charge in [0.25, 0.3) is 5.91 Å². The Morgan fingerprint density at radius 2 is 2.20 bits per heavy atom. The van der Waals surface area contributed by atoms with Gasteiger partial charge in [0.15, 0.2) is 0 Å². The number of hydrogen-bond acceptors (Lipinski definition) is 4. The first-order valence-electron chi connectivity index (χ1n) is 5.76. The van der Waals surface area contributed by atoms with Gasteiger partial charge >= 0.3 is 5.97 Å². The summed E-state index contributed by atoms with van der Waals surface area (Å²) in [4.78, 5) is 28.9. The molecule has 6 heteroatoms. The molecule has 0 unspecified atom stereocenters. The summed E-state index contributed by atoms with van der Waals surface area (Å²) in [6.45, 7) is 0. The van der Waals surface area contributed by atoms with Crippen LogP contribution in [-0.2, 0) is 4.79 Å². The van der Waals surface area contributed by atoms with Crippen LogP contribution < -0.4 is 4.90 Å². The summed E-state index contributed by atoms with van der Waals surface area (Å²) in [5.41, 5.74) is 1.28. The first kappa shape index (κ1) is 14.0. The zero-order valence-electron chi connectivity index (χ0n) is 10.7. The lowest BCUT2D eigenvalue weighted by Crippen LogP contribution is -2.26. The summed E-state index contributed by atoms with van der Waals surface area (Å²) in [5, 5.41) is 10.4. The summed E-state index contributed by atoms with van der Waals surface area (Å²) in [5.74, 6) is -1.24. The van der Waals surface area contributed by atoms with Crippen LogP contribution in [0.15, 0.2) is 42.0 Å². The first-order chi connectivity index (χ1) is 9.59. The molecule has 102 valence electrons. The molecule has 2 aromatic heterocycles. The number of aromatic nitrogens is 1. The van der Waals surface area contributed by atoms with Crippen molar-refractivity contribution in [1.29, 1.82) is 0 Å². The second kappa shape index (κ2) is 6.12. The van der Waals surface area contributed by atoms with Crippen LogP contribution in [0.3, 0.4) is 0 Å². The lowest BCUT2D eigenvalue weighted by atomic mass is 10.2. The lowest BCUT2D eigenvalue weighted by Gasteiger charge is -2.16. The maximum Gasteiger partial charge on any atom is 0.328 e. The molecule has 20 heavy (non-hydrogen) atoms. The monoisotopic (exact) mass is 288 g/mol. The molecule has 0 aliphatic heterocycles. The third kappa shape index (κ3) is 3.10. The van der Waals surface area contributed by atoms with Gasteiger partial charge in [-0.05, 0) is 35.2 Å². The van der Waals surface area contributed by atoms with E-state index >= 15 is 0 Å². The van der Waals surface area contributed by atoms with Crippen LogP contribution >= 0.6 is 11.3 Å². The van der Waals surface area contributed by atoms with Crippen LogP contribution in [0.25, 0.3) is 6.08 Å². The van der Waals surface area contributed by atoms with E-state index in [0.717, 1.165) is 6.08 Å². The molecule has 0 atom stereocenters. The standard InChI is InChI=1S/C14H12N2O3S/c1-16(11-3-2-7-15-9-11)14(19)13-10(6-8-20-13)4-5-12(17)18/h2-9H,1H3,(H,17,18). The molecule has 0 saturated heterocycles. The van der Waals surface area contributed by atoms with E-state index in [0.29, 0.717) is 16.1 Å². The van der Waals surface area contributed by atoms with E-state index in [1.54, 1.807) is 43.0 Å². The van der Waals surface area contributed by atoms with Gasteiger partial charge in [-0.15, -0.1) is 11.3 Å². The summed E-state index contributed by atoms with van der Waals surface area (Å²) >= 11 is 1.28. The predicted molar refractivity (Wildman–Crippen MR) is 78.0 cm³/mol. The van der Waals surface area contributed by atoms with E-state index in [1.807, 2.05) is 0 Å². The number of aliphatic carboxylic acids is 1. The van der Waals surface area contributed by atoms with Crippen molar-refractivity contribution in [2.24, 2.45) is 0 Å². The number of carbonyl (C=O) groups excluding carboxylic acids is 1. The van der Waals surface area contributed by atoms with Crippen LogP contribution in [0.5, 0.6) is 0 Å². The van der Waals surface area contributed by atoms with E-state index in [4.69, 9.17) is 5.11 Å².